The standard InChI is InChI=1S/C17H17F4N3O4S.ClH/c1-2-23(29(27,28)13-6-4-12(5-7-13)24(25)26)10-16(22)11-3-8-14(15(18)9-11)17(19,20)21;/h3-9,16H,2,10,22H2,1H3;1H/t16-;/m1./s1. The van der Waals surface area contributed by atoms with E-state index in [4.69, 9.17) is 5.73 Å². The second-order valence-electron chi connectivity index (χ2n) is 6.05. The first-order valence-corrected chi connectivity index (χ1v) is 9.68. The topological polar surface area (TPSA) is 107 Å². The molecule has 0 heterocycles. The van der Waals surface area contributed by atoms with Crippen molar-refractivity contribution in [1.29, 1.82) is 0 Å². The van der Waals surface area contributed by atoms with Gasteiger partial charge in [0.15, 0.2) is 0 Å². The summed E-state index contributed by atoms with van der Waals surface area (Å²) in [5, 5.41) is 10.7. The van der Waals surface area contributed by atoms with Crippen molar-refractivity contribution in [3.05, 3.63) is 69.5 Å². The number of alkyl halides is 3. The zero-order valence-electron chi connectivity index (χ0n) is 15.5. The minimum Gasteiger partial charge on any atom is -0.323 e. The number of hydrogen-bond acceptors (Lipinski definition) is 5. The SMILES string of the molecule is CCN(C[C@@H](N)c1ccc(C(F)(F)F)c(F)c1)S(=O)(=O)c1ccc([N+](=O)[O-])cc1.Cl. The maximum Gasteiger partial charge on any atom is 0.419 e. The minimum absolute atomic E-state index is 0. The Hall–Kier alpha value is -2.28. The third-order valence-corrected chi connectivity index (χ3v) is 6.12. The van der Waals surface area contributed by atoms with Crippen molar-refractivity contribution < 1.29 is 30.9 Å². The first kappa shape index (κ1) is 25.8. The van der Waals surface area contributed by atoms with Gasteiger partial charge in [0.1, 0.15) is 5.82 Å². The van der Waals surface area contributed by atoms with Crippen LogP contribution in [0.2, 0.25) is 0 Å². The summed E-state index contributed by atoms with van der Waals surface area (Å²) in [6.07, 6.45) is -4.86. The van der Waals surface area contributed by atoms with Gasteiger partial charge in [-0.15, -0.1) is 12.4 Å². The van der Waals surface area contributed by atoms with Crippen LogP contribution in [0.25, 0.3) is 0 Å². The van der Waals surface area contributed by atoms with Crippen LogP contribution in [0, 0.1) is 15.9 Å². The van der Waals surface area contributed by atoms with Gasteiger partial charge in [-0.2, -0.15) is 17.5 Å². The molecule has 0 aliphatic rings. The average Bonchev–Trinajstić information content (AvgIpc) is 2.64. The normalized spacial score (nSPS) is 13.0. The molecule has 0 amide bonds. The number of sulfonamides is 1. The molecule has 2 N–H and O–H groups in total. The lowest BCUT2D eigenvalue weighted by Gasteiger charge is -2.24. The first-order chi connectivity index (χ1) is 13.4. The maximum absolute atomic E-state index is 13.8. The Bertz CT molecular complexity index is 1000. The third kappa shape index (κ3) is 5.65. The van der Waals surface area contributed by atoms with Crippen LogP contribution in [0.1, 0.15) is 24.1 Å². The molecule has 0 aromatic heterocycles. The molecule has 0 aliphatic carbocycles. The molecular weight excluding hydrogens is 454 g/mol. The third-order valence-electron chi connectivity index (χ3n) is 4.17. The molecule has 0 bridgehead atoms. The highest BCUT2D eigenvalue weighted by Crippen LogP contribution is 2.32. The molecule has 0 unspecified atom stereocenters. The molecule has 0 radical (unpaired) electrons. The van der Waals surface area contributed by atoms with Crippen LogP contribution in [0.15, 0.2) is 47.4 Å². The van der Waals surface area contributed by atoms with E-state index in [9.17, 15) is 36.1 Å². The Balaban J connectivity index is 0.00000450. The lowest BCUT2D eigenvalue weighted by molar-refractivity contribution is -0.384. The number of hydrogen-bond donors (Lipinski definition) is 1. The van der Waals surface area contributed by atoms with Crippen LogP contribution in [-0.4, -0.2) is 30.7 Å². The Morgan fingerprint density at radius 1 is 1.17 bits per heavy atom. The van der Waals surface area contributed by atoms with Gasteiger partial charge >= 0.3 is 6.18 Å². The van der Waals surface area contributed by atoms with Gasteiger partial charge in [0.25, 0.3) is 5.69 Å². The molecule has 13 heteroatoms. The number of halogens is 5. The first-order valence-electron chi connectivity index (χ1n) is 8.24. The Morgan fingerprint density at radius 3 is 2.17 bits per heavy atom. The average molecular weight is 472 g/mol. The van der Waals surface area contributed by atoms with Gasteiger partial charge in [0.2, 0.25) is 10.0 Å². The van der Waals surface area contributed by atoms with Gasteiger partial charge in [-0.3, -0.25) is 10.1 Å². The summed E-state index contributed by atoms with van der Waals surface area (Å²) in [5.41, 5.74) is 4.16. The zero-order chi connectivity index (χ0) is 22.0. The Labute approximate surface area is 176 Å². The zero-order valence-corrected chi connectivity index (χ0v) is 17.1. The van der Waals surface area contributed by atoms with Crippen molar-refractivity contribution in [2.45, 2.75) is 24.0 Å². The molecule has 0 aliphatic heterocycles. The van der Waals surface area contributed by atoms with E-state index in [-0.39, 0.29) is 41.6 Å². The van der Waals surface area contributed by atoms with E-state index in [0.717, 1.165) is 34.6 Å². The van der Waals surface area contributed by atoms with Crippen LogP contribution in [0.3, 0.4) is 0 Å². The van der Waals surface area contributed by atoms with Crippen molar-refractivity contribution >= 4 is 28.1 Å². The van der Waals surface area contributed by atoms with Gasteiger partial charge in [-0.25, -0.2) is 12.8 Å². The van der Waals surface area contributed by atoms with Crippen molar-refractivity contribution in [3.63, 3.8) is 0 Å². The number of likely N-dealkylation sites (N-methyl/N-ethyl adjacent to an activating group) is 1. The molecule has 2 aromatic carbocycles. The van der Waals surface area contributed by atoms with Crippen molar-refractivity contribution in [3.8, 4) is 0 Å². The minimum atomic E-state index is -4.86. The quantitative estimate of drug-likeness (QED) is 0.374. The monoisotopic (exact) mass is 471 g/mol. The predicted octanol–water partition coefficient (Wildman–Crippen LogP) is 3.89. The Kier molecular flexibility index (Phi) is 8.32. The van der Waals surface area contributed by atoms with Crippen molar-refractivity contribution in [2.75, 3.05) is 13.1 Å². The van der Waals surface area contributed by atoms with Crippen LogP contribution in [0.4, 0.5) is 23.2 Å². The van der Waals surface area contributed by atoms with Crippen molar-refractivity contribution in [1.82, 2.24) is 4.31 Å². The fourth-order valence-corrected chi connectivity index (χ4v) is 4.08. The number of rotatable bonds is 7. The second kappa shape index (κ2) is 9.69. The summed E-state index contributed by atoms with van der Waals surface area (Å²) in [5.74, 6) is -1.51. The molecule has 0 fully saturated rings. The largest absolute Gasteiger partial charge is 0.419 e. The van der Waals surface area contributed by atoms with Gasteiger partial charge in [-0.05, 0) is 29.8 Å². The summed E-state index contributed by atoms with van der Waals surface area (Å²) in [7, 11) is -4.08. The Morgan fingerprint density at radius 2 is 1.73 bits per heavy atom. The molecular formula is C17H18ClF4N3O4S. The highest BCUT2D eigenvalue weighted by molar-refractivity contribution is 7.89. The number of non-ortho nitro benzene ring substituents is 1. The van der Waals surface area contributed by atoms with Crippen LogP contribution < -0.4 is 5.73 Å². The number of nitro groups is 1. The molecule has 0 saturated heterocycles. The van der Waals surface area contributed by atoms with E-state index in [1.165, 1.54) is 6.92 Å². The molecule has 7 nitrogen and oxygen atoms in total. The summed E-state index contributed by atoms with van der Waals surface area (Å²) >= 11 is 0. The van der Waals surface area contributed by atoms with E-state index in [1.54, 1.807) is 0 Å². The second-order valence-corrected chi connectivity index (χ2v) is 7.99. The van der Waals surface area contributed by atoms with Crippen LogP contribution in [-0.2, 0) is 16.2 Å². The molecule has 0 spiro atoms. The van der Waals surface area contributed by atoms with E-state index in [2.05, 4.69) is 0 Å². The predicted molar refractivity (Wildman–Crippen MR) is 103 cm³/mol. The molecule has 2 aromatic rings. The molecule has 2 rings (SSSR count). The lowest BCUT2D eigenvalue weighted by atomic mass is 10.0. The van der Waals surface area contributed by atoms with Crippen LogP contribution >= 0.6 is 12.4 Å². The van der Waals surface area contributed by atoms with Gasteiger partial charge in [0.05, 0.1) is 15.4 Å². The smallest absolute Gasteiger partial charge is 0.323 e. The summed E-state index contributed by atoms with van der Waals surface area (Å²) in [6.45, 7) is 1.15. The number of benzene rings is 2. The molecule has 1 atom stereocenters. The molecule has 166 valence electrons. The molecule has 30 heavy (non-hydrogen) atoms. The highest BCUT2D eigenvalue weighted by Gasteiger charge is 2.34. The van der Waals surface area contributed by atoms with Gasteiger partial charge < -0.3 is 5.73 Å². The van der Waals surface area contributed by atoms with E-state index < -0.39 is 38.5 Å². The molecule has 0 saturated carbocycles. The highest BCUT2D eigenvalue weighted by atomic mass is 35.5. The lowest BCUT2D eigenvalue weighted by Crippen LogP contribution is -2.37. The summed E-state index contributed by atoms with van der Waals surface area (Å²) in [4.78, 5) is 9.81. The number of nitrogens with two attached hydrogens (primary N) is 1. The summed E-state index contributed by atoms with van der Waals surface area (Å²) < 4.78 is 78.2. The fourth-order valence-electron chi connectivity index (χ4n) is 2.60. The maximum atomic E-state index is 13.8. The van der Waals surface area contributed by atoms with Gasteiger partial charge in [0, 0.05) is 31.3 Å². The van der Waals surface area contributed by atoms with Crippen LogP contribution in [0.5, 0.6) is 0 Å². The number of nitro benzene ring substituents is 1. The van der Waals surface area contributed by atoms with Gasteiger partial charge in [-0.1, -0.05) is 13.0 Å². The van der Waals surface area contributed by atoms with E-state index in [1.807, 2.05) is 0 Å². The van der Waals surface area contributed by atoms with E-state index in [0.29, 0.717) is 12.1 Å². The van der Waals surface area contributed by atoms with Crippen molar-refractivity contribution in [2.24, 2.45) is 5.73 Å². The fraction of sp³-hybridized carbons (Fsp3) is 0.294. The van der Waals surface area contributed by atoms with E-state index >= 15 is 0 Å². The number of nitrogens with zero attached hydrogens (tertiary/aromatic N) is 2. The summed E-state index contributed by atoms with van der Waals surface area (Å²) in [6, 6.07) is 5.27.